The van der Waals surface area contributed by atoms with E-state index in [1.807, 2.05) is 32.2 Å². The second-order valence-electron chi connectivity index (χ2n) is 4.03. The predicted octanol–water partition coefficient (Wildman–Crippen LogP) is 2.48. The monoisotopic (exact) mass is 243 g/mol. The molecule has 0 saturated heterocycles. The molecule has 0 aliphatic rings. The molecule has 2 aromatic rings. The van der Waals surface area contributed by atoms with Crippen molar-refractivity contribution in [1.82, 2.24) is 15.5 Å². The van der Waals surface area contributed by atoms with Crippen LogP contribution >= 0.6 is 0 Å². The highest BCUT2D eigenvalue weighted by Gasteiger charge is 2.10. The molecule has 2 N–H and O–H groups in total. The summed E-state index contributed by atoms with van der Waals surface area (Å²) in [4.78, 5) is 0. The molecule has 0 amide bonds. The van der Waals surface area contributed by atoms with Crippen molar-refractivity contribution in [3.8, 4) is 23.3 Å². The van der Waals surface area contributed by atoms with Crippen LogP contribution in [0.3, 0.4) is 0 Å². The molecule has 0 unspecified atom stereocenters. The van der Waals surface area contributed by atoms with Crippen molar-refractivity contribution < 1.29 is 4.42 Å². The van der Waals surface area contributed by atoms with E-state index in [4.69, 9.17) is 4.42 Å². The highest BCUT2D eigenvalue weighted by molar-refractivity contribution is 5.56. The second-order valence-corrected chi connectivity index (χ2v) is 4.03. The lowest BCUT2D eigenvalue weighted by Gasteiger charge is -2.02. The molecule has 0 bridgehead atoms. The molecular formula is C14H17N3O. The summed E-state index contributed by atoms with van der Waals surface area (Å²) >= 11 is 0. The van der Waals surface area contributed by atoms with Crippen LogP contribution in [0.5, 0.6) is 0 Å². The maximum Gasteiger partial charge on any atom is 0.152 e. The number of nitrogens with one attached hydrogen (secondary N) is 2. The van der Waals surface area contributed by atoms with Crippen LogP contribution in [0.2, 0.25) is 0 Å². The quantitative estimate of drug-likeness (QED) is 0.626. The lowest BCUT2D eigenvalue weighted by atomic mass is 10.2. The Morgan fingerprint density at radius 2 is 2.33 bits per heavy atom. The summed E-state index contributed by atoms with van der Waals surface area (Å²) in [6.07, 6.45) is 2.69. The molecule has 2 rings (SSSR count). The summed E-state index contributed by atoms with van der Waals surface area (Å²) < 4.78 is 5.59. The molecule has 0 aromatic carbocycles. The summed E-state index contributed by atoms with van der Waals surface area (Å²) in [6, 6.07) is 3.90. The molecule has 2 aromatic heterocycles. The average molecular weight is 243 g/mol. The number of hydrogen-bond acceptors (Lipinski definition) is 3. The molecule has 0 radical (unpaired) electrons. The summed E-state index contributed by atoms with van der Waals surface area (Å²) in [6.45, 7) is 5.42. The lowest BCUT2D eigenvalue weighted by molar-refractivity contribution is 0.545. The first-order valence-corrected chi connectivity index (χ1v) is 6.00. The Morgan fingerprint density at radius 1 is 1.44 bits per heavy atom. The topological polar surface area (TPSA) is 53.9 Å². The number of aryl methyl sites for hydroxylation is 1. The van der Waals surface area contributed by atoms with Gasteiger partial charge in [0.25, 0.3) is 0 Å². The Labute approximate surface area is 107 Å². The number of furan rings is 1. The molecule has 94 valence electrons. The maximum atomic E-state index is 5.59. The Morgan fingerprint density at radius 3 is 3.06 bits per heavy atom. The van der Waals surface area contributed by atoms with Crippen molar-refractivity contribution in [2.24, 2.45) is 0 Å². The number of aromatic nitrogens is 2. The molecule has 0 saturated carbocycles. The third-order valence-electron chi connectivity index (χ3n) is 2.62. The Balaban J connectivity index is 1.97. The van der Waals surface area contributed by atoms with Crippen molar-refractivity contribution >= 4 is 0 Å². The van der Waals surface area contributed by atoms with E-state index in [-0.39, 0.29) is 0 Å². The zero-order chi connectivity index (χ0) is 12.8. The Kier molecular flexibility index (Phi) is 4.21. The van der Waals surface area contributed by atoms with Crippen molar-refractivity contribution in [3.05, 3.63) is 29.7 Å². The Bertz CT molecular complexity index is 557. The van der Waals surface area contributed by atoms with Crippen molar-refractivity contribution in [3.63, 3.8) is 0 Å². The summed E-state index contributed by atoms with van der Waals surface area (Å²) in [7, 11) is 0. The molecular weight excluding hydrogens is 226 g/mol. The van der Waals surface area contributed by atoms with Gasteiger partial charge in [0.05, 0.1) is 6.20 Å². The third-order valence-corrected chi connectivity index (χ3v) is 2.62. The predicted molar refractivity (Wildman–Crippen MR) is 70.8 cm³/mol. The van der Waals surface area contributed by atoms with Gasteiger partial charge < -0.3 is 9.73 Å². The number of nitrogens with zero attached hydrogens (tertiary/aromatic N) is 1. The first-order valence-electron chi connectivity index (χ1n) is 6.00. The molecule has 4 heteroatoms. The van der Waals surface area contributed by atoms with Crippen LogP contribution in [-0.4, -0.2) is 16.7 Å². The van der Waals surface area contributed by atoms with Gasteiger partial charge >= 0.3 is 0 Å². The van der Waals surface area contributed by atoms with E-state index in [0.717, 1.165) is 42.3 Å². The highest BCUT2D eigenvalue weighted by Crippen LogP contribution is 2.22. The van der Waals surface area contributed by atoms with Gasteiger partial charge in [-0.25, -0.2) is 0 Å². The van der Waals surface area contributed by atoms with Gasteiger partial charge in [0.2, 0.25) is 0 Å². The van der Waals surface area contributed by atoms with Crippen molar-refractivity contribution in [1.29, 1.82) is 0 Å². The number of H-pyrrole nitrogens is 1. The minimum absolute atomic E-state index is 0.761. The van der Waals surface area contributed by atoms with Crippen LogP contribution in [0.1, 0.15) is 24.7 Å². The molecule has 2 heterocycles. The van der Waals surface area contributed by atoms with Gasteiger partial charge in [-0.1, -0.05) is 0 Å². The van der Waals surface area contributed by atoms with Crippen LogP contribution in [0.15, 0.2) is 22.7 Å². The summed E-state index contributed by atoms with van der Waals surface area (Å²) in [5.74, 6) is 7.63. The molecule has 4 nitrogen and oxygen atoms in total. The number of rotatable bonds is 5. The minimum Gasteiger partial charge on any atom is -0.460 e. The smallest absolute Gasteiger partial charge is 0.152 e. The minimum atomic E-state index is 0.761. The first kappa shape index (κ1) is 12.5. The fourth-order valence-corrected chi connectivity index (χ4v) is 1.73. The van der Waals surface area contributed by atoms with Gasteiger partial charge in [-0.2, -0.15) is 5.10 Å². The van der Waals surface area contributed by atoms with Gasteiger partial charge in [-0.05, 0) is 26.0 Å². The van der Waals surface area contributed by atoms with E-state index in [9.17, 15) is 0 Å². The molecule has 18 heavy (non-hydrogen) atoms. The maximum absolute atomic E-state index is 5.59. The standard InChI is InChI=1S/C14H17N3O/c1-3-4-5-8-15-9-12-10-16-17-14(12)13-7-6-11(2)18-13/h6-7,10,15H,5,8-9H2,1-2H3,(H,16,17). The SMILES string of the molecule is CC#CCCNCc1cn[nH]c1-c1ccc(C)o1. The molecule has 0 atom stereocenters. The zero-order valence-corrected chi connectivity index (χ0v) is 10.7. The van der Waals surface area contributed by atoms with Gasteiger partial charge in [0, 0.05) is 25.1 Å². The molecule has 0 aliphatic heterocycles. The average Bonchev–Trinajstić information content (AvgIpc) is 2.97. The number of hydrogen-bond donors (Lipinski definition) is 2. The number of aromatic amines is 1. The van der Waals surface area contributed by atoms with Crippen LogP contribution in [-0.2, 0) is 6.54 Å². The van der Waals surface area contributed by atoms with Gasteiger partial charge in [0.15, 0.2) is 5.76 Å². The first-order chi connectivity index (χ1) is 8.81. The van der Waals surface area contributed by atoms with E-state index in [2.05, 4.69) is 27.4 Å². The molecule has 0 spiro atoms. The van der Waals surface area contributed by atoms with Crippen molar-refractivity contribution in [2.75, 3.05) is 6.54 Å². The van der Waals surface area contributed by atoms with E-state index in [1.54, 1.807) is 0 Å². The normalized spacial score (nSPS) is 10.1. The highest BCUT2D eigenvalue weighted by atomic mass is 16.3. The lowest BCUT2D eigenvalue weighted by Crippen LogP contribution is -2.14. The molecule has 0 fully saturated rings. The van der Waals surface area contributed by atoms with Gasteiger partial charge in [-0.15, -0.1) is 11.8 Å². The van der Waals surface area contributed by atoms with E-state index >= 15 is 0 Å². The van der Waals surface area contributed by atoms with Crippen LogP contribution in [0, 0.1) is 18.8 Å². The van der Waals surface area contributed by atoms with Gasteiger partial charge in [-0.3, -0.25) is 5.10 Å². The third kappa shape index (κ3) is 3.02. The van der Waals surface area contributed by atoms with E-state index in [1.165, 1.54) is 0 Å². The Hall–Kier alpha value is -1.99. The van der Waals surface area contributed by atoms with Crippen LogP contribution in [0.4, 0.5) is 0 Å². The van der Waals surface area contributed by atoms with E-state index < -0.39 is 0 Å². The van der Waals surface area contributed by atoms with Crippen LogP contribution < -0.4 is 5.32 Å². The summed E-state index contributed by atoms with van der Waals surface area (Å²) in [5, 5.41) is 10.4. The van der Waals surface area contributed by atoms with E-state index in [0.29, 0.717) is 0 Å². The molecule has 0 aliphatic carbocycles. The second kappa shape index (κ2) is 6.08. The van der Waals surface area contributed by atoms with Crippen LogP contribution in [0.25, 0.3) is 11.5 Å². The zero-order valence-electron chi connectivity index (χ0n) is 10.7. The fourth-order valence-electron chi connectivity index (χ4n) is 1.73. The van der Waals surface area contributed by atoms with Crippen molar-refractivity contribution in [2.45, 2.75) is 26.8 Å². The van der Waals surface area contributed by atoms with Gasteiger partial charge in [0.1, 0.15) is 11.5 Å². The fraction of sp³-hybridized carbons (Fsp3) is 0.357. The summed E-state index contributed by atoms with van der Waals surface area (Å²) in [5.41, 5.74) is 2.05. The largest absolute Gasteiger partial charge is 0.460 e.